The third-order valence-electron chi connectivity index (χ3n) is 9.13. The maximum absolute atomic E-state index is 13.8. The number of hydrogen-bond donors (Lipinski definition) is 0. The lowest BCUT2D eigenvalue weighted by atomic mass is 9.74. The van der Waals surface area contributed by atoms with Gasteiger partial charge < -0.3 is 9.80 Å². The van der Waals surface area contributed by atoms with E-state index < -0.39 is 5.54 Å². The van der Waals surface area contributed by atoms with Gasteiger partial charge in [-0.25, -0.2) is 4.79 Å². The first-order chi connectivity index (χ1) is 17.6. The van der Waals surface area contributed by atoms with Crippen LogP contribution in [0.15, 0.2) is 54.6 Å². The van der Waals surface area contributed by atoms with E-state index in [2.05, 4.69) is 58.3 Å². The van der Waals surface area contributed by atoms with E-state index in [9.17, 15) is 9.59 Å². The van der Waals surface area contributed by atoms with Crippen LogP contribution in [0.5, 0.6) is 0 Å². The normalized spacial score (nSPS) is 26.2. The molecule has 0 bridgehead atoms. The van der Waals surface area contributed by atoms with Crippen molar-refractivity contribution < 1.29 is 9.59 Å². The highest BCUT2D eigenvalue weighted by atomic mass is 16.2. The summed E-state index contributed by atoms with van der Waals surface area (Å²) >= 11 is 0. The Kier molecular flexibility index (Phi) is 6.24. The van der Waals surface area contributed by atoms with Gasteiger partial charge in [-0.3, -0.25) is 14.6 Å². The maximum Gasteiger partial charge on any atom is 0.327 e. The number of nitrogens with zero attached hydrogens (tertiary/aromatic N) is 4. The van der Waals surface area contributed by atoms with Crippen LogP contribution in [0, 0.1) is 0 Å². The molecule has 6 rings (SSSR count). The van der Waals surface area contributed by atoms with Crippen molar-refractivity contribution in [3.8, 4) is 0 Å². The molecule has 2 aromatic carbocycles. The van der Waals surface area contributed by atoms with Gasteiger partial charge in [0.25, 0.3) is 5.91 Å². The van der Waals surface area contributed by atoms with Crippen molar-refractivity contribution >= 4 is 17.6 Å². The molecule has 1 aliphatic carbocycles. The standard InChI is InChI=1S/C30H38N4O2/c1-2-33-29(36)34(27-20-25(21-27)24-8-4-3-5-9-24)28(35)30(33)14-18-31(19-15-30)22-23-10-12-26(13-11-23)32-16-6-7-17-32/h3-5,8-13,25,27H,2,6-7,14-22H2,1H3. The number of carbonyl (C=O) groups excluding carboxylic acids is 2. The van der Waals surface area contributed by atoms with Crippen LogP contribution in [0.3, 0.4) is 0 Å². The van der Waals surface area contributed by atoms with Crippen molar-refractivity contribution in [2.45, 2.75) is 69.5 Å². The second-order valence-electron chi connectivity index (χ2n) is 11.1. The lowest BCUT2D eigenvalue weighted by molar-refractivity contribution is -0.138. The average molecular weight is 487 g/mol. The molecule has 4 aliphatic rings. The summed E-state index contributed by atoms with van der Waals surface area (Å²) in [5.41, 5.74) is 3.31. The Balaban J connectivity index is 1.09. The van der Waals surface area contributed by atoms with E-state index >= 15 is 0 Å². The zero-order valence-electron chi connectivity index (χ0n) is 21.4. The lowest BCUT2D eigenvalue weighted by Gasteiger charge is -2.42. The van der Waals surface area contributed by atoms with Crippen molar-refractivity contribution in [3.05, 3.63) is 65.7 Å². The van der Waals surface area contributed by atoms with E-state index in [-0.39, 0.29) is 18.0 Å². The molecule has 0 radical (unpaired) electrons. The van der Waals surface area contributed by atoms with Gasteiger partial charge in [0.15, 0.2) is 0 Å². The van der Waals surface area contributed by atoms with Crippen LogP contribution < -0.4 is 4.90 Å². The van der Waals surface area contributed by atoms with E-state index in [0.29, 0.717) is 12.5 Å². The van der Waals surface area contributed by atoms with Gasteiger partial charge in [0.2, 0.25) is 0 Å². The molecule has 0 aromatic heterocycles. The number of amides is 3. The smallest absolute Gasteiger partial charge is 0.327 e. The van der Waals surface area contributed by atoms with Crippen LogP contribution in [0.2, 0.25) is 0 Å². The summed E-state index contributed by atoms with van der Waals surface area (Å²) in [4.78, 5) is 35.7. The Labute approximate surface area is 214 Å². The molecule has 36 heavy (non-hydrogen) atoms. The van der Waals surface area contributed by atoms with Gasteiger partial charge in [-0.1, -0.05) is 42.5 Å². The zero-order valence-corrected chi connectivity index (χ0v) is 21.4. The molecule has 0 N–H and O–H groups in total. The second-order valence-corrected chi connectivity index (χ2v) is 11.1. The number of rotatable bonds is 6. The van der Waals surface area contributed by atoms with E-state index in [1.165, 1.54) is 42.7 Å². The third kappa shape index (κ3) is 4.00. The summed E-state index contributed by atoms with van der Waals surface area (Å²) in [5, 5.41) is 0. The molecule has 1 saturated carbocycles. The van der Waals surface area contributed by atoms with Gasteiger partial charge in [0.1, 0.15) is 5.54 Å². The molecule has 3 saturated heterocycles. The maximum atomic E-state index is 13.8. The Hall–Kier alpha value is -2.86. The van der Waals surface area contributed by atoms with Crippen molar-refractivity contribution in [3.63, 3.8) is 0 Å². The molecule has 0 unspecified atom stereocenters. The number of anilines is 1. The largest absolute Gasteiger partial charge is 0.372 e. The molecule has 6 heteroatoms. The van der Waals surface area contributed by atoms with Gasteiger partial charge in [0, 0.05) is 51.0 Å². The Morgan fingerprint density at radius 3 is 2.17 bits per heavy atom. The first-order valence-electron chi connectivity index (χ1n) is 13.9. The number of hydrogen-bond acceptors (Lipinski definition) is 4. The molecule has 6 nitrogen and oxygen atoms in total. The highest BCUT2D eigenvalue weighted by Gasteiger charge is 2.60. The van der Waals surface area contributed by atoms with Crippen LogP contribution in [-0.4, -0.2) is 70.9 Å². The summed E-state index contributed by atoms with van der Waals surface area (Å²) in [6, 6.07) is 19.5. The third-order valence-corrected chi connectivity index (χ3v) is 9.13. The highest BCUT2D eigenvalue weighted by Crippen LogP contribution is 2.45. The Morgan fingerprint density at radius 1 is 0.861 bits per heavy atom. The SMILES string of the molecule is CCN1C(=O)N(C2CC(c3ccccc3)C2)C(=O)C12CCN(Cc1ccc(N3CCCC3)cc1)CC2. The minimum Gasteiger partial charge on any atom is -0.372 e. The molecule has 2 aromatic rings. The molecule has 1 spiro atoms. The quantitative estimate of drug-likeness (QED) is 0.548. The minimum atomic E-state index is -0.653. The summed E-state index contributed by atoms with van der Waals surface area (Å²) in [7, 11) is 0. The van der Waals surface area contributed by atoms with Crippen molar-refractivity contribution in [1.82, 2.24) is 14.7 Å². The molecule has 3 aliphatic heterocycles. The molecule has 3 amide bonds. The molecular weight excluding hydrogens is 448 g/mol. The van der Waals surface area contributed by atoms with Crippen LogP contribution in [0.1, 0.15) is 62.5 Å². The molecule has 0 atom stereocenters. The second kappa shape index (κ2) is 9.55. The number of carbonyl (C=O) groups is 2. The molecular formula is C30H38N4O2. The predicted molar refractivity (Wildman–Crippen MR) is 142 cm³/mol. The fourth-order valence-corrected chi connectivity index (χ4v) is 6.91. The molecule has 4 fully saturated rings. The van der Waals surface area contributed by atoms with Gasteiger partial charge >= 0.3 is 6.03 Å². The van der Waals surface area contributed by atoms with Crippen LogP contribution in [0.4, 0.5) is 10.5 Å². The number of likely N-dealkylation sites (tertiary alicyclic amines) is 1. The van der Waals surface area contributed by atoms with Gasteiger partial charge in [-0.15, -0.1) is 0 Å². The molecule has 190 valence electrons. The number of benzene rings is 2. The summed E-state index contributed by atoms with van der Waals surface area (Å²) in [5.74, 6) is 0.502. The number of likely N-dealkylation sites (N-methyl/N-ethyl adjacent to an activating group) is 1. The number of imide groups is 1. The lowest BCUT2D eigenvalue weighted by Crippen LogP contribution is -2.56. The fourth-order valence-electron chi connectivity index (χ4n) is 6.91. The van der Waals surface area contributed by atoms with Crippen molar-refractivity contribution in [2.75, 3.05) is 37.6 Å². The summed E-state index contributed by atoms with van der Waals surface area (Å²) < 4.78 is 0. The van der Waals surface area contributed by atoms with Crippen molar-refractivity contribution in [1.29, 1.82) is 0 Å². The van der Waals surface area contributed by atoms with Gasteiger partial charge in [-0.2, -0.15) is 0 Å². The monoisotopic (exact) mass is 486 g/mol. The van der Waals surface area contributed by atoms with E-state index in [0.717, 1.165) is 45.3 Å². The summed E-state index contributed by atoms with van der Waals surface area (Å²) in [6.45, 7) is 7.52. The van der Waals surface area contributed by atoms with Crippen LogP contribution in [0.25, 0.3) is 0 Å². The fraction of sp³-hybridized carbons (Fsp3) is 0.533. The average Bonchev–Trinajstić information content (AvgIpc) is 3.48. The van der Waals surface area contributed by atoms with Gasteiger partial charge in [0.05, 0.1) is 0 Å². The Bertz CT molecular complexity index is 1080. The van der Waals surface area contributed by atoms with E-state index in [1.54, 1.807) is 4.90 Å². The number of urea groups is 1. The van der Waals surface area contributed by atoms with Crippen LogP contribution >= 0.6 is 0 Å². The predicted octanol–water partition coefficient (Wildman–Crippen LogP) is 4.85. The van der Waals surface area contributed by atoms with E-state index in [4.69, 9.17) is 0 Å². The zero-order chi connectivity index (χ0) is 24.7. The van der Waals surface area contributed by atoms with Crippen molar-refractivity contribution in [2.24, 2.45) is 0 Å². The number of piperidine rings is 1. The summed E-state index contributed by atoms with van der Waals surface area (Å²) in [6.07, 6.45) is 5.80. The highest BCUT2D eigenvalue weighted by molar-refractivity contribution is 6.07. The van der Waals surface area contributed by atoms with E-state index in [1.807, 2.05) is 17.9 Å². The first kappa shape index (κ1) is 23.5. The van der Waals surface area contributed by atoms with Gasteiger partial charge in [-0.05, 0) is 74.6 Å². The van der Waals surface area contributed by atoms with Crippen LogP contribution in [-0.2, 0) is 11.3 Å². The minimum absolute atomic E-state index is 0.0378. The Morgan fingerprint density at radius 2 is 1.53 bits per heavy atom. The molecule has 3 heterocycles. The first-order valence-corrected chi connectivity index (χ1v) is 13.9. The topological polar surface area (TPSA) is 47.1 Å².